The normalized spacial score (nSPS) is 12.0. The summed E-state index contributed by atoms with van der Waals surface area (Å²) in [7, 11) is 0. The summed E-state index contributed by atoms with van der Waals surface area (Å²) in [6.07, 6.45) is 0. The van der Waals surface area contributed by atoms with Gasteiger partial charge in [0.05, 0.1) is 0 Å². The van der Waals surface area contributed by atoms with E-state index in [0.717, 1.165) is 10.4 Å². The third-order valence-electron chi connectivity index (χ3n) is 4.47. The summed E-state index contributed by atoms with van der Waals surface area (Å²) >= 11 is 6.41. The Morgan fingerprint density at radius 2 is 1.00 bits per heavy atom. The number of benzene rings is 5. The van der Waals surface area contributed by atoms with Crippen molar-refractivity contribution in [1.82, 2.24) is 0 Å². The van der Waals surface area contributed by atoms with Crippen LogP contribution >= 0.6 is 11.6 Å². The smallest absolute Gasteiger partial charge is 0.0485 e. The highest BCUT2D eigenvalue weighted by atomic mass is 35.5. The first-order valence-electron chi connectivity index (χ1n) is 7.08. The summed E-state index contributed by atoms with van der Waals surface area (Å²) in [4.78, 5) is 0. The van der Waals surface area contributed by atoms with Gasteiger partial charge in [-0.15, -0.1) is 0 Å². The zero-order valence-corrected chi connectivity index (χ0v) is 12.0. The molecule has 0 fully saturated rings. The Morgan fingerprint density at radius 3 is 1.71 bits per heavy atom. The SMILES string of the molecule is Clc1ccc2c3cccc4cccc(c5cccc1c52)c43. The van der Waals surface area contributed by atoms with Crippen molar-refractivity contribution in [3.63, 3.8) is 0 Å². The zero-order valence-electron chi connectivity index (χ0n) is 11.2. The minimum Gasteiger partial charge on any atom is -0.0837 e. The van der Waals surface area contributed by atoms with Crippen molar-refractivity contribution >= 4 is 54.7 Å². The van der Waals surface area contributed by atoms with Crippen LogP contribution in [0.25, 0.3) is 43.1 Å². The highest BCUT2D eigenvalue weighted by molar-refractivity contribution is 6.40. The van der Waals surface area contributed by atoms with Crippen LogP contribution in [-0.2, 0) is 0 Å². The van der Waals surface area contributed by atoms with Gasteiger partial charge in [0.25, 0.3) is 0 Å². The van der Waals surface area contributed by atoms with Crippen molar-refractivity contribution in [3.8, 4) is 0 Å². The van der Waals surface area contributed by atoms with Crippen LogP contribution in [0.4, 0.5) is 0 Å². The second-order valence-electron chi connectivity index (χ2n) is 5.53. The fourth-order valence-electron chi connectivity index (χ4n) is 3.61. The van der Waals surface area contributed by atoms with Crippen molar-refractivity contribution < 1.29 is 0 Å². The van der Waals surface area contributed by atoms with Gasteiger partial charge in [-0.2, -0.15) is 0 Å². The molecule has 0 saturated carbocycles. The van der Waals surface area contributed by atoms with E-state index >= 15 is 0 Å². The van der Waals surface area contributed by atoms with Gasteiger partial charge >= 0.3 is 0 Å². The van der Waals surface area contributed by atoms with Crippen LogP contribution in [0.1, 0.15) is 0 Å². The Hall–Kier alpha value is -2.31. The Bertz CT molecular complexity index is 1090. The highest BCUT2D eigenvalue weighted by Crippen LogP contribution is 2.41. The molecule has 21 heavy (non-hydrogen) atoms. The molecule has 0 aliphatic heterocycles. The summed E-state index contributed by atoms with van der Waals surface area (Å²) in [6.45, 7) is 0. The maximum atomic E-state index is 6.41. The summed E-state index contributed by atoms with van der Waals surface area (Å²) in [5.41, 5.74) is 0. The fourth-order valence-corrected chi connectivity index (χ4v) is 3.83. The number of halogens is 1. The van der Waals surface area contributed by atoms with E-state index in [1.807, 2.05) is 6.07 Å². The predicted octanol–water partition coefficient (Wildman–Crippen LogP) is 6.39. The van der Waals surface area contributed by atoms with E-state index in [1.54, 1.807) is 0 Å². The van der Waals surface area contributed by atoms with E-state index in [4.69, 9.17) is 11.6 Å². The van der Waals surface area contributed by atoms with E-state index in [-0.39, 0.29) is 0 Å². The minimum atomic E-state index is 0.821. The largest absolute Gasteiger partial charge is 0.0837 e. The van der Waals surface area contributed by atoms with E-state index < -0.39 is 0 Å². The molecule has 0 aromatic heterocycles. The molecule has 0 N–H and O–H groups in total. The van der Waals surface area contributed by atoms with Gasteiger partial charge in [0.2, 0.25) is 0 Å². The molecule has 5 aromatic carbocycles. The summed E-state index contributed by atoms with van der Waals surface area (Å²) in [5.74, 6) is 0. The summed E-state index contributed by atoms with van der Waals surface area (Å²) in [5, 5.41) is 11.1. The maximum Gasteiger partial charge on any atom is 0.0485 e. The van der Waals surface area contributed by atoms with Crippen molar-refractivity contribution in [3.05, 3.63) is 71.8 Å². The van der Waals surface area contributed by atoms with Gasteiger partial charge in [-0.05, 0) is 43.8 Å². The van der Waals surface area contributed by atoms with E-state index in [2.05, 4.69) is 60.7 Å². The number of hydrogen-bond acceptors (Lipinski definition) is 0. The van der Waals surface area contributed by atoms with Gasteiger partial charge in [0.15, 0.2) is 0 Å². The van der Waals surface area contributed by atoms with Gasteiger partial charge in [-0.1, -0.05) is 72.3 Å². The molecule has 98 valence electrons. The van der Waals surface area contributed by atoms with Gasteiger partial charge in [-0.25, -0.2) is 0 Å². The molecule has 0 amide bonds. The van der Waals surface area contributed by atoms with Gasteiger partial charge in [-0.3, -0.25) is 0 Å². The molecule has 0 nitrogen and oxygen atoms in total. The Balaban J connectivity index is 2.29. The molecular weight excluding hydrogens is 276 g/mol. The van der Waals surface area contributed by atoms with Crippen LogP contribution in [0.2, 0.25) is 5.02 Å². The molecule has 0 bridgehead atoms. The quantitative estimate of drug-likeness (QED) is 0.228. The van der Waals surface area contributed by atoms with Crippen molar-refractivity contribution in [2.45, 2.75) is 0 Å². The lowest BCUT2D eigenvalue weighted by Gasteiger charge is -2.14. The van der Waals surface area contributed by atoms with E-state index in [1.165, 1.54) is 37.7 Å². The summed E-state index contributed by atoms with van der Waals surface area (Å²) in [6, 6.07) is 23.6. The van der Waals surface area contributed by atoms with Gasteiger partial charge < -0.3 is 0 Å². The lowest BCUT2D eigenvalue weighted by Crippen LogP contribution is -1.86. The zero-order chi connectivity index (χ0) is 14.0. The molecular formula is C20H11Cl. The molecule has 0 aliphatic rings. The molecule has 0 radical (unpaired) electrons. The summed E-state index contributed by atoms with van der Waals surface area (Å²) < 4.78 is 0. The van der Waals surface area contributed by atoms with Crippen molar-refractivity contribution in [2.24, 2.45) is 0 Å². The van der Waals surface area contributed by atoms with Crippen LogP contribution in [0.15, 0.2) is 66.7 Å². The van der Waals surface area contributed by atoms with Gasteiger partial charge in [0, 0.05) is 10.4 Å². The number of rotatable bonds is 0. The Labute approximate surface area is 126 Å². The van der Waals surface area contributed by atoms with Crippen LogP contribution in [0.5, 0.6) is 0 Å². The topological polar surface area (TPSA) is 0 Å². The Kier molecular flexibility index (Phi) is 2.09. The van der Waals surface area contributed by atoms with Crippen LogP contribution in [-0.4, -0.2) is 0 Å². The molecule has 0 unspecified atom stereocenters. The van der Waals surface area contributed by atoms with E-state index in [0.29, 0.717) is 0 Å². The highest BCUT2D eigenvalue weighted by Gasteiger charge is 2.13. The average molecular weight is 287 g/mol. The van der Waals surface area contributed by atoms with E-state index in [9.17, 15) is 0 Å². The van der Waals surface area contributed by atoms with Crippen LogP contribution in [0.3, 0.4) is 0 Å². The second-order valence-corrected chi connectivity index (χ2v) is 5.94. The lowest BCUT2D eigenvalue weighted by atomic mass is 9.90. The Morgan fingerprint density at radius 1 is 0.476 bits per heavy atom. The monoisotopic (exact) mass is 286 g/mol. The van der Waals surface area contributed by atoms with Crippen LogP contribution in [0, 0.1) is 0 Å². The number of fused-ring (bicyclic) bond motifs is 2. The first-order valence-corrected chi connectivity index (χ1v) is 7.46. The number of hydrogen-bond donors (Lipinski definition) is 0. The lowest BCUT2D eigenvalue weighted by molar-refractivity contribution is 1.78. The average Bonchev–Trinajstić information content (AvgIpc) is 2.54. The van der Waals surface area contributed by atoms with Gasteiger partial charge in [0.1, 0.15) is 0 Å². The fraction of sp³-hybridized carbons (Fsp3) is 0. The van der Waals surface area contributed by atoms with Crippen molar-refractivity contribution in [2.75, 3.05) is 0 Å². The third kappa shape index (κ3) is 1.36. The maximum absolute atomic E-state index is 6.41. The molecule has 0 heterocycles. The second kappa shape index (κ2) is 3.87. The minimum absolute atomic E-state index is 0.821. The molecule has 0 saturated heterocycles. The van der Waals surface area contributed by atoms with Crippen LogP contribution < -0.4 is 0 Å². The standard InChI is InChI=1S/C20H11Cl/c21-18-11-10-16-14-7-2-5-12-4-1-6-13(19(12)14)15-8-3-9-17(18)20(15)16/h1-11H. The first kappa shape index (κ1) is 11.4. The molecule has 5 aromatic rings. The molecule has 0 atom stereocenters. The molecule has 0 aliphatic carbocycles. The van der Waals surface area contributed by atoms with Crippen molar-refractivity contribution in [1.29, 1.82) is 0 Å². The molecule has 1 heteroatoms. The predicted molar refractivity (Wildman–Crippen MR) is 92.7 cm³/mol. The first-order chi connectivity index (χ1) is 10.3. The molecule has 0 spiro atoms. The third-order valence-corrected chi connectivity index (χ3v) is 4.80. The molecule has 5 rings (SSSR count).